The number of aromatic nitrogens is 4. The van der Waals surface area contributed by atoms with Crippen LogP contribution in [0.4, 0.5) is 0 Å². The van der Waals surface area contributed by atoms with Crippen LogP contribution in [0.25, 0.3) is 11.1 Å². The number of carboxylic acids is 1. The van der Waals surface area contributed by atoms with Crippen molar-refractivity contribution in [2.75, 3.05) is 6.61 Å². The van der Waals surface area contributed by atoms with E-state index in [0.717, 1.165) is 42.4 Å². The predicted molar refractivity (Wildman–Crippen MR) is 134 cm³/mol. The Kier molecular flexibility index (Phi) is 8.78. The van der Waals surface area contributed by atoms with Crippen LogP contribution in [0.5, 0.6) is 0 Å². The fourth-order valence-corrected chi connectivity index (χ4v) is 4.98. The molecule has 0 radical (unpaired) electrons. The second-order valence-electron chi connectivity index (χ2n) is 9.19. The minimum absolute atomic E-state index is 0.00269. The summed E-state index contributed by atoms with van der Waals surface area (Å²) in [6.07, 6.45) is 5.34. The molecule has 1 saturated carbocycles. The van der Waals surface area contributed by atoms with E-state index in [2.05, 4.69) is 33.0 Å². The Balaban J connectivity index is 1.68. The number of hydrogen-bond acceptors (Lipinski definition) is 7. The number of nitrogens with one attached hydrogen (secondary N) is 1. The van der Waals surface area contributed by atoms with Crippen LogP contribution in [-0.2, 0) is 20.9 Å². The number of carbonyl (C=O) groups excluding carboxylic acids is 1. The summed E-state index contributed by atoms with van der Waals surface area (Å²) in [7, 11) is 0. The molecule has 4 rings (SSSR count). The molecule has 1 aliphatic carbocycles. The highest BCUT2D eigenvalue weighted by Crippen LogP contribution is 2.31. The number of rotatable bonds is 11. The van der Waals surface area contributed by atoms with Gasteiger partial charge in [0.15, 0.2) is 5.82 Å². The van der Waals surface area contributed by atoms with Gasteiger partial charge in [0, 0.05) is 6.04 Å². The molecule has 0 amide bonds. The van der Waals surface area contributed by atoms with Crippen molar-refractivity contribution in [1.82, 2.24) is 25.5 Å². The van der Waals surface area contributed by atoms with Gasteiger partial charge in [-0.25, -0.2) is 4.68 Å². The van der Waals surface area contributed by atoms with Gasteiger partial charge in [-0.2, -0.15) is 0 Å². The SMILES string of the molecule is CCOC(=O)Cn1nnnc1C(NC(CC(=O)O)C1CCCCC1)c1ccc(-c2ccccc2)cc1. The zero-order chi connectivity index (χ0) is 25.3. The number of benzene rings is 2. The summed E-state index contributed by atoms with van der Waals surface area (Å²) in [5.41, 5.74) is 3.06. The molecule has 1 aromatic heterocycles. The lowest BCUT2D eigenvalue weighted by molar-refractivity contribution is -0.144. The average molecular weight is 492 g/mol. The molecule has 190 valence electrons. The Bertz CT molecular complexity index is 1130. The maximum absolute atomic E-state index is 12.2. The molecule has 0 saturated heterocycles. The van der Waals surface area contributed by atoms with Crippen LogP contribution in [0.2, 0.25) is 0 Å². The summed E-state index contributed by atoms with van der Waals surface area (Å²) in [5.74, 6) is -0.585. The molecule has 2 N–H and O–H groups in total. The molecule has 2 aromatic carbocycles. The van der Waals surface area contributed by atoms with Gasteiger partial charge in [-0.05, 0) is 52.8 Å². The van der Waals surface area contributed by atoms with Gasteiger partial charge in [-0.15, -0.1) is 5.10 Å². The molecule has 1 aliphatic rings. The fourth-order valence-electron chi connectivity index (χ4n) is 4.98. The second kappa shape index (κ2) is 12.4. The zero-order valence-corrected chi connectivity index (χ0v) is 20.5. The van der Waals surface area contributed by atoms with Gasteiger partial charge in [-0.3, -0.25) is 14.9 Å². The lowest BCUT2D eigenvalue weighted by Gasteiger charge is -2.33. The van der Waals surface area contributed by atoms with Crippen LogP contribution in [0.15, 0.2) is 54.6 Å². The van der Waals surface area contributed by atoms with Gasteiger partial charge in [0.05, 0.1) is 19.1 Å². The fraction of sp³-hybridized carbons (Fsp3) is 0.444. The topological polar surface area (TPSA) is 119 Å². The molecule has 1 fully saturated rings. The van der Waals surface area contributed by atoms with E-state index in [0.29, 0.717) is 5.82 Å². The first-order valence-corrected chi connectivity index (χ1v) is 12.6. The van der Waals surface area contributed by atoms with E-state index in [1.54, 1.807) is 6.92 Å². The number of nitrogens with zero attached hydrogens (tertiary/aromatic N) is 4. The summed E-state index contributed by atoms with van der Waals surface area (Å²) >= 11 is 0. The number of ether oxygens (including phenoxy) is 1. The smallest absolute Gasteiger partial charge is 0.327 e. The third-order valence-electron chi connectivity index (χ3n) is 6.75. The van der Waals surface area contributed by atoms with E-state index in [1.807, 2.05) is 42.5 Å². The minimum atomic E-state index is -0.845. The maximum Gasteiger partial charge on any atom is 0.327 e. The van der Waals surface area contributed by atoms with Crippen molar-refractivity contribution in [3.05, 3.63) is 66.0 Å². The Morgan fingerprint density at radius 2 is 1.75 bits per heavy atom. The Labute approximate surface area is 210 Å². The minimum Gasteiger partial charge on any atom is -0.481 e. The normalized spacial score (nSPS) is 15.8. The van der Waals surface area contributed by atoms with Crippen LogP contribution in [0, 0.1) is 5.92 Å². The Hall–Kier alpha value is -3.59. The number of carboxylic acid groups (broad SMARTS) is 1. The Morgan fingerprint density at radius 1 is 1.06 bits per heavy atom. The van der Waals surface area contributed by atoms with Gasteiger partial charge in [0.1, 0.15) is 6.54 Å². The molecule has 0 spiro atoms. The molecular weight excluding hydrogens is 458 g/mol. The van der Waals surface area contributed by atoms with Crippen molar-refractivity contribution < 1.29 is 19.4 Å². The first-order valence-electron chi connectivity index (χ1n) is 12.6. The maximum atomic E-state index is 12.2. The highest BCUT2D eigenvalue weighted by atomic mass is 16.5. The van der Waals surface area contributed by atoms with Crippen molar-refractivity contribution in [2.45, 2.75) is 64.1 Å². The highest BCUT2D eigenvalue weighted by Gasteiger charge is 2.31. The van der Waals surface area contributed by atoms with Gasteiger partial charge < -0.3 is 9.84 Å². The van der Waals surface area contributed by atoms with E-state index in [4.69, 9.17) is 4.74 Å². The van der Waals surface area contributed by atoms with Gasteiger partial charge in [0.25, 0.3) is 0 Å². The number of hydrogen-bond donors (Lipinski definition) is 2. The molecule has 0 bridgehead atoms. The molecule has 0 aliphatic heterocycles. The molecule has 3 aromatic rings. The molecular formula is C27H33N5O4. The van der Waals surface area contributed by atoms with Crippen molar-refractivity contribution in [2.24, 2.45) is 5.92 Å². The third-order valence-corrected chi connectivity index (χ3v) is 6.75. The molecule has 1 heterocycles. The summed E-state index contributed by atoms with van der Waals surface area (Å²) in [6, 6.07) is 17.4. The van der Waals surface area contributed by atoms with Gasteiger partial charge in [0.2, 0.25) is 0 Å². The third kappa shape index (κ3) is 6.54. The van der Waals surface area contributed by atoms with E-state index in [-0.39, 0.29) is 31.5 Å². The molecule has 2 unspecified atom stereocenters. The number of carbonyl (C=O) groups is 2. The number of tetrazole rings is 1. The summed E-state index contributed by atoms with van der Waals surface area (Å²) in [5, 5.41) is 25.4. The predicted octanol–water partition coefficient (Wildman–Crippen LogP) is 4.01. The van der Waals surface area contributed by atoms with Crippen molar-refractivity contribution in [3.63, 3.8) is 0 Å². The quantitative estimate of drug-likeness (QED) is 0.386. The Morgan fingerprint density at radius 3 is 2.42 bits per heavy atom. The number of esters is 1. The first-order chi connectivity index (χ1) is 17.5. The van der Waals surface area contributed by atoms with Gasteiger partial charge in [-0.1, -0.05) is 73.9 Å². The van der Waals surface area contributed by atoms with E-state index in [1.165, 1.54) is 11.1 Å². The van der Waals surface area contributed by atoms with E-state index in [9.17, 15) is 14.7 Å². The standard InChI is InChI=1S/C27H33N5O4/c1-2-36-25(35)18-32-27(29-30-31-32)26(28-23(17-24(33)34)21-11-7-4-8-12-21)22-15-13-20(14-16-22)19-9-5-3-6-10-19/h3,5-6,9-10,13-16,21,23,26,28H,2,4,7-8,11-12,17-18H2,1H3,(H,33,34). The van der Waals surface area contributed by atoms with Crippen LogP contribution in [-0.4, -0.2) is 49.9 Å². The summed E-state index contributed by atoms with van der Waals surface area (Å²) < 4.78 is 6.53. The van der Waals surface area contributed by atoms with Crippen LogP contribution in [0.1, 0.15) is 62.9 Å². The highest BCUT2D eigenvalue weighted by molar-refractivity contribution is 5.69. The van der Waals surface area contributed by atoms with E-state index < -0.39 is 18.0 Å². The molecule has 36 heavy (non-hydrogen) atoms. The number of aliphatic carboxylic acids is 1. The summed E-state index contributed by atoms with van der Waals surface area (Å²) in [6.45, 7) is 1.89. The second-order valence-corrected chi connectivity index (χ2v) is 9.19. The average Bonchev–Trinajstić information content (AvgIpc) is 3.35. The van der Waals surface area contributed by atoms with Crippen molar-refractivity contribution in [3.8, 4) is 11.1 Å². The van der Waals surface area contributed by atoms with Crippen LogP contribution >= 0.6 is 0 Å². The van der Waals surface area contributed by atoms with Gasteiger partial charge >= 0.3 is 11.9 Å². The summed E-state index contributed by atoms with van der Waals surface area (Å²) in [4.78, 5) is 24.0. The molecule has 9 heteroatoms. The van der Waals surface area contributed by atoms with Crippen molar-refractivity contribution >= 4 is 11.9 Å². The first kappa shape index (κ1) is 25.5. The van der Waals surface area contributed by atoms with E-state index >= 15 is 0 Å². The van der Waals surface area contributed by atoms with Crippen LogP contribution in [0.3, 0.4) is 0 Å². The molecule has 9 nitrogen and oxygen atoms in total. The monoisotopic (exact) mass is 491 g/mol. The largest absolute Gasteiger partial charge is 0.481 e. The zero-order valence-electron chi connectivity index (χ0n) is 20.5. The van der Waals surface area contributed by atoms with Crippen molar-refractivity contribution in [1.29, 1.82) is 0 Å². The van der Waals surface area contributed by atoms with Crippen LogP contribution < -0.4 is 5.32 Å². The molecule has 2 atom stereocenters. The lowest BCUT2D eigenvalue weighted by atomic mass is 9.82. The lowest BCUT2D eigenvalue weighted by Crippen LogP contribution is -2.42.